The van der Waals surface area contributed by atoms with E-state index in [4.69, 9.17) is 0 Å². The van der Waals surface area contributed by atoms with Crippen LogP contribution in [0.15, 0.2) is 12.3 Å². The van der Waals surface area contributed by atoms with Gasteiger partial charge >= 0.3 is 0 Å². The lowest BCUT2D eigenvalue weighted by Gasteiger charge is -2.29. The van der Waals surface area contributed by atoms with E-state index in [2.05, 4.69) is 27.4 Å². The molecule has 0 spiro atoms. The van der Waals surface area contributed by atoms with Gasteiger partial charge in [0.15, 0.2) is 0 Å². The van der Waals surface area contributed by atoms with E-state index in [-0.39, 0.29) is 5.91 Å². The summed E-state index contributed by atoms with van der Waals surface area (Å²) in [6, 6.07) is 1.92. The van der Waals surface area contributed by atoms with Crippen molar-refractivity contribution in [3.8, 4) is 0 Å². The number of nitrogens with zero attached hydrogens (tertiary/aromatic N) is 2. The number of carbonyl (C=O) groups is 1. The first-order chi connectivity index (χ1) is 9.58. The summed E-state index contributed by atoms with van der Waals surface area (Å²) in [5, 5.41) is 5.99. The summed E-state index contributed by atoms with van der Waals surface area (Å²) in [6.45, 7) is 6.71. The van der Waals surface area contributed by atoms with Gasteiger partial charge in [0, 0.05) is 7.05 Å². The molecule has 0 bridgehead atoms. The van der Waals surface area contributed by atoms with E-state index in [9.17, 15) is 4.79 Å². The monoisotopic (exact) mass is 276 g/mol. The minimum absolute atomic E-state index is 0.0345. The van der Waals surface area contributed by atoms with Gasteiger partial charge in [-0.1, -0.05) is 6.92 Å². The van der Waals surface area contributed by atoms with Crippen LogP contribution in [0, 0.1) is 12.8 Å². The summed E-state index contributed by atoms with van der Waals surface area (Å²) in [4.78, 5) is 18.5. The average Bonchev–Trinajstić information content (AvgIpc) is 2.43. The Morgan fingerprint density at radius 1 is 1.45 bits per heavy atom. The van der Waals surface area contributed by atoms with E-state index in [1.54, 1.807) is 6.20 Å². The number of aromatic nitrogens is 1. The van der Waals surface area contributed by atoms with Crippen molar-refractivity contribution in [2.45, 2.75) is 26.7 Å². The Morgan fingerprint density at radius 2 is 2.15 bits per heavy atom. The number of pyridine rings is 1. The van der Waals surface area contributed by atoms with Crippen LogP contribution >= 0.6 is 0 Å². The van der Waals surface area contributed by atoms with E-state index < -0.39 is 0 Å². The van der Waals surface area contributed by atoms with Gasteiger partial charge in [-0.05, 0) is 44.8 Å². The summed E-state index contributed by atoms with van der Waals surface area (Å²) in [5.41, 5.74) is 2.61. The van der Waals surface area contributed by atoms with Gasteiger partial charge in [0.2, 0.25) is 5.91 Å². The van der Waals surface area contributed by atoms with Crippen molar-refractivity contribution in [1.29, 1.82) is 0 Å². The lowest BCUT2D eigenvalue weighted by atomic mass is 9.99. The highest BCUT2D eigenvalue weighted by Gasteiger charge is 2.18. The summed E-state index contributed by atoms with van der Waals surface area (Å²) in [7, 11) is 1.85. The lowest BCUT2D eigenvalue weighted by molar-refractivity contribution is -0.117. The molecule has 1 fully saturated rings. The number of aryl methyl sites for hydroxylation is 1. The van der Waals surface area contributed by atoms with Crippen molar-refractivity contribution in [1.82, 2.24) is 9.88 Å². The maximum Gasteiger partial charge on any atom is 0.238 e. The number of rotatable bonds is 4. The molecule has 2 N–H and O–H groups in total. The molecule has 5 nitrogen and oxygen atoms in total. The largest absolute Gasteiger partial charge is 0.387 e. The summed E-state index contributed by atoms with van der Waals surface area (Å²) < 4.78 is 0. The minimum atomic E-state index is 0.0345. The van der Waals surface area contributed by atoms with Gasteiger partial charge in [-0.2, -0.15) is 0 Å². The van der Waals surface area contributed by atoms with Crippen LogP contribution < -0.4 is 10.6 Å². The Hall–Kier alpha value is -1.62. The number of carbonyl (C=O) groups excluding carboxylic acids is 1. The quantitative estimate of drug-likeness (QED) is 0.884. The Morgan fingerprint density at radius 3 is 2.80 bits per heavy atom. The first-order valence-corrected chi connectivity index (χ1v) is 7.25. The second kappa shape index (κ2) is 6.70. The third-order valence-corrected chi connectivity index (χ3v) is 3.88. The molecular weight excluding hydrogens is 252 g/mol. The molecule has 1 aromatic rings. The van der Waals surface area contributed by atoms with Gasteiger partial charge in [-0.25, -0.2) is 0 Å². The molecule has 110 valence electrons. The Balaban J connectivity index is 1.88. The molecule has 0 aromatic carbocycles. The van der Waals surface area contributed by atoms with E-state index in [1.807, 2.05) is 20.0 Å². The average molecular weight is 276 g/mol. The van der Waals surface area contributed by atoms with Gasteiger partial charge in [0.05, 0.1) is 29.8 Å². The predicted molar refractivity (Wildman–Crippen MR) is 82.0 cm³/mol. The van der Waals surface area contributed by atoms with E-state index in [0.717, 1.165) is 36.1 Å². The van der Waals surface area contributed by atoms with Crippen LogP contribution in [-0.2, 0) is 4.79 Å². The number of likely N-dealkylation sites (tertiary alicyclic amines) is 1. The Labute approximate surface area is 120 Å². The zero-order chi connectivity index (χ0) is 14.5. The first kappa shape index (κ1) is 14.8. The van der Waals surface area contributed by atoms with Crippen molar-refractivity contribution >= 4 is 17.3 Å². The molecule has 1 amide bonds. The van der Waals surface area contributed by atoms with E-state index in [1.165, 1.54) is 12.8 Å². The highest BCUT2D eigenvalue weighted by molar-refractivity contribution is 5.92. The van der Waals surface area contributed by atoms with Crippen LogP contribution in [0.4, 0.5) is 11.4 Å². The fraction of sp³-hybridized carbons (Fsp3) is 0.600. The third kappa shape index (κ3) is 3.93. The molecule has 1 aliphatic heterocycles. The highest BCUT2D eigenvalue weighted by atomic mass is 16.2. The van der Waals surface area contributed by atoms with Crippen LogP contribution in [0.5, 0.6) is 0 Å². The number of piperidine rings is 1. The zero-order valence-electron chi connectivity index (χ0n) is 12.6. The van der Waals surface area contributed by atoms with E-state index >= 15 is 0 Å². The molecule has 1 aliphatic rings. The maximum atomic E-state index is 12.0. The molecule has 0 unspecified atom stereocenters. The number of amides is 1. The van der Waals surface area contributed by atoms with Gasteiger partial charge in [-0.3, -0.25) is 14.7 Å². The predicted octanol–water partition coefficient (Wildman–Crippen LogP) is 2.10. The van der Waals surface area contributed by atoms with Gasteiger partial charge in [0.1, 0.15) is 0 Å². The van der Waals surface area contributed by atoms with Crippen molar-refractivity contribution in [2.24, 2.45) is 5.92 Å². The van der Waals surface area contributed by atoms with Crippen molar-refractivity contribution in [3.05, 3.63) is 18.0 Å². The minimum Gasteiger partial charge on any atom is -0.387 e. The van der Waals surface area contributed by atoms with Crippen LogP contribution in [0.3, 0.4) is 0 Å². The summed E-state index contributed by atoms with van der Waals surface area (Å²) in [5.74, 6) is 0.820. The number of hydrogen-bond acceptors (Lipinski definition) is 4. The normalized spacial score (nSPS) is 16.9. The first-order valence-electron chi connectivity index (χ1n) is 7.25. The highest BCUT2D eigenvalue weighted by Crippen LogP contribution is 2.18. The topological polar surface area (TPSA) is 57.3 Å². The maximum absolute atomic E-state index is 12.0. The van der Waals surface area contributed by atoms with Gasteiger partial charge in [0.25, 0.3) is 0 Å². The fourth-order valence-corrected chi connectivity index (χ4v) is 2.48. The second-order valence-corrected chi connectivity index (χ2v) is 5.61. The molecule has 20 heavy (non-hydrogen) atoms. The third-order valence-electron chi connectivity index (χ3n) is 3.88. The molecular formula is C15H24N4O. The van der Waals surface area contributed by atoms with Crippen LogP contribution in [0.25, 0.3) is 0 Å². The Bertz CT molecular complexity index is 467. The SMILES string of the molecule is CNc1cc(NC(=O)CN2CCC(C)CC2)cnc1C. The van der Waals surface area contributed by atoms with Crippen LogP contribution in [0.1, 0.15) is 25.5 Å². The van der Waals surface area contributed by atoms with E-state index in [0.29, 0.717) is 6.54 Å². The summed E-state index contributed by atoms with van der Waals surface area (Å²) >= 11 is 0. The molecule has 2 heterocycles. The standard InChI is InChI=1S/C15H24N4O/c1-11-4-6-19(7-5-11)10-15(20)18-13-8-14(16-3)12(2)17-9-13/h8-9,11,16H,4-7,10H2,1-3H3,(H,18,20). The molecule has 0 radical (unpaired) electrons. The molecule has 1 aromatic heterocycles. The molecule has 0 aliphatic carbocycles. The molecule has 5 heteroatoms. The van der Waals surface area contributed by atoms with Gasteiger partial charge in [-0.15, -0.1) is 0 Å². The van der Waals surface area contributed by atoms with Crippen LogP contribution in [0.2, 0.25) is 0 Å². The van der Waals surface area contributed by atoms with Gasteiger partial charge < -0.3 is 10.6 Å². The number of anilines is 2. The number of hydrogen-bond donors (Lipinski definition) is 2. The van der Waals surface area contributed by atoms with Crippen molar-refractivity contribution < 1.29 is 4.79 Å². The molecule has 2 rings (SSSR count). The zero-order valence-corrected chi connectivity index (χ0v) is 12.6. The van der Waals surface area contributed by atoms with Crippen LogP contribution in [-0.4, -0.2) is 42.5 Å². The molecule has 1 saturated heterocycles. The smallest absolute Gasteiger partial charge is 0.238 e. The van der Waals surface area contributed by atoms with Crippen molar-refractivity contribution in [3.63, 3.8) is 0 Å². The van der Waals surface area contributed by atoms with Crippen molar-refractivity contribution in [2.75, 3.05) is 37.3 Å². The fourth-order valence-electron chi connectivity index (χ4n) is 2.48. The summed E-state index contributed by atoms with van der Waals surface area (Å²) in [6.07, 6.45) is 4.07. The molecule has 0 atom stereocenters. The molecule has 0 saturated carbocycles. The number of nitrogens with one attached hydrogen (secondary N) is 2. The second-order valence-electron chi connectivity index (χ2n) is 5.61. The lowest BCUT2D eigenvalue weighted by Crippen LogP contribution is -2.38. The Kier molecular flexibility index (Phi) is 4.95.